The normalized spacial score (nSPS) is 12.9. The van der Waals surface area contributed by atoms with Gasteiger partial charge in [-0.15, -0.1) is 0 Å². The molecule has 0 unspecified atom stereocenters. The second kappa shape index (κ2) is 6.69. The summed E-state index contributed by atoms with van der Waals surface area (Å²) in [5.41, 5.74) is 0. The molecule has 2 nitrogen and oxygen atoms in total. The molecule has 0 aromatic carbocycles. The lowest BCUT2D eigenvalue weighted by Crippen LogP contribution is -1.87. The minimum Gasteiger partial charge on any atom is -0.368 e. The van der Waals surface area contributed by atoms with Crippen LogP contribution in [0.1, 0.15) is 0 Å². The van der Waals surface area contributed by atoms with Crippen LogP contribution >= 0.6 is 0 Å². The third-order valence-corrected chi connectivity index (χ3v) is 0.718. The predicted molar refractivity (Wildman–Crippen MR) is 37.7 cm³/mol. The minimum atomic E-state index is 1.88. The number of rotatable bonds is 0. The summed E-state index contributed by atoms with van der Waals surface area (Å²) in [6.45, 7) is 2.00. The van der Waals surface area contributed by atoms with Gasteiger partial charge in [-0.1, -0.05) is 12.2 Å². The molecule has 0 bridgehead atoms. The molecule has 1 heterocycles. The summed E-state index contributed by atoms with van der Waals surface area (Å²) < 4.78 is 0. The molecule has 9 heavy (non-hydrogen) atoms. The van der Waals surface area contributed by atoms with Crippen molar-refractivity contribution in [2.75, 3.05) is 0 Å². The monoisotopic (exact) mass is 123 g/mol. The molecule has 0 fully saturated rings. The van der Waals surface area contributed by atoms with Gasteiger partial charge in [-0.2, -0.15) is 0 Å². The Morgan fingerprint density at radius 2 is 1.33 bits per heavy atom. The first kappa shape index (κ1) is 7.69. The Bertz CT molecular complexity index is 122. The third-order valence-electron chi connectivity index (χ3n) is 0.718. The highest BCUT2D eigenvalue weighted by Gasteiger charge is 1.67. The number of hydrogen-bond donors (Lipinski definition) is 1. The van der Waals surface area contributed by atoms with Gasteiger partial charge in [0.25, 0.3) is 0 Å². The maximum atomic E-state index is 8.00. The number of nitrogens with one attached hydrogen (secondary N) is 1. The second-order valence-corrected chi connectivity index (χ2v) is 1.27. The van der Waals surface area contributed by atoms with Crippen LogP contribution in [-0.2, 0) is 4.79 Å². The predicted octanol–water partition coefficient (Wildman–Crippen LogP) is 0.988. The van der Waals surface area contributed by atoms with Crippen molar-refractivity contribution in [1.29, 1.82) is 0 Å². The van der Waals surface area contributed by atoms with Gasteiger partial charge < -0.3 is 10.1 Å². The zero-order valence-electron chi connectivity index (χ0n) is 5.08. The van der Waals surface area contributed by atoms with E-state index >= 15 is 0 Å². The summed E-state index contributed by atoms with van der Waals surface area (Å²) in [4.78, 5) is 8.00. The number of allylic oxidation sites excluding steroid dienone is 4. The van der Waals surface area contributed by atoms with E-state index in [9.17, 15) is 0 Å². The Kier molecular flexibility index (Phi) is 5.72. The van der Waals surface area contributed by atoms with Gasteiger partial charge in [-0.05, 0) is 12.2 Å². The van der Waals surface area contributed by atoms with E-state index in [1.54, 1.807) is 0 Å². The Balaban J connectivity index is 0.000000291. The van der Waals surface area contributed by atoms with E-state index in [1.165, 1.54) is 0 Å². The number of hydrogen-bond acceptors (Lipinski definition) is 2. The Morgan fingerprint density at radius 1 is 0.889 bits per heavy atom. The molecule has 1 aliphatic heterocycles. The maximum absolute atomic E-state index is 8.00. The molecule has 0 saturated carbocycles. The van der Waals surface area contributed by atoms with Gasteiger partial charge in [0.1, 0.15) is 6.79 Å². The first-order valence-corrected chi connectivity index (χ1v) is 2.53. The maximum Gasteiger partial charge on any atom is 0.106 e. The standard InChI is InChI=1S/C6H7N.CH2O/c1-2-4-6-7-5-3-1;1-2/h1-7H;1H2. The van der Waals surface area contributed by atoms with E-state index < -0.39 is 0 Å². The lowest BCUT2D eigenvalue weighted by atomic mass is 10.5. The van der Waals surface area contributed by atoms with Gasteiger partial charge in [-0.25, -0.2) is 0 Å². The van der Waals surface area contributed by atoms with Crippen molar-refractivity contribution in [1.82, 2.24) is 5.32 Å². The van der Waals surface area contributed by atoms with E-state index in [0.717, 1.165) is 0 Å². The molecule has 0 aromatic rings. The van der Waals surface area contributed by atoms with Crippen LogP contribution in [-0.4, -0.2) is 6.79 Å². The van der Waals surface area contributed by atoms with Crippen molar-refractivity contribution < 1.29 is 4.79 Å². The van der Waals surface area contributed by atoms with Gasteiger partial charge >= 0.3 is 0 Å². The molecule has 48 valence electrons. The van der Waals surface area contributed by atoms with Crippen molar-refractivity contribution >= 4 is 6.79 Å². The topological polar surface area (TPSA) is 29.1 Å². The largest absolute Gasteiger partial charge is 0.368 e. The average molecular weight is 123 g/mol. The van der Waals surface area contributed by atoms with Crippen molar-refractivity contribution in [2.45, 2.75) is 0 Å². The van der Waals surface area contributed by atoms with E-state index in [2.05, 4.69) is 5.32 Å². The van der Waals surface area contributed by atoms with E-state index in [1.807, 2.05) is 43.5 Å². The Morgan fingerprint density at radius 3 is 1.78 bits per heavy atom. The van der Waals surface area contributed by atoms with Gasteiger partial charge in [0, 0.05) is 12.4 Å². The van der Waals surface area contributed by atoms with Crippen molar-refractivity contribution in [2.24, 2.45) is 0 Å². The summed E-state index contributed by atoms with van der Waals surface area (Å²) in [5, 5.41) is 2.92. The summed E-state index contributed by atoms with van der Waals surface area (Å²) in [6, 6.07) is 0. The van der Waals surface area contributed by atoms with E-state index in [4.69, 9.17) is 4.79 Å². The molecule has 0 atom stereocenters. The van der Waals surface area contributed by atoms with E-state index in [0.29, 0.717) is 0 Å². The first-order chi connectivity index (χ1) is 4.50. The quantitative estimate of drug-likeness (QED) is 0.520. The van der Waals surface area contributed by atoms with Gasteiger partial charge in [-0.3, -0.25) is 0 Å². The molecule has 0 saturated heterocycles. The molecular weight excluding hydrogens is 114 g/mol. The molecule has 1 aliphatic rings. The zero-order valence-corrected chi connectivity index (χ0v) is 5.08. The molecule has 0 radical (unpaired) electrons. The highest BCUT2D eigenvalue weighted by Crippen LogP contribution is 1.81. The highest BCUT2D eigenvalue weighted by atomic mass is 16.1. The van der Waals surface area contributed by atoms with E-state index in [-0.39, 0.29) is 0 Å². The molecule has 0 spiro atoms. The zero-order chi connectivity index (χ0) is 6.95. The fourth-order valence-electron chi connectivity index (χ4n) is 0.406. The van der Waals surface area contributed by atoms with Gasteiger partial charge in [0.05, 0.1) is 0 Å². The fourth-order valence-corrected chi connectivity index (χ4v) is 0.406. The molecule has 0 aromatic heterocycles. The smallest absolute Gasteiger partial charge is 0.106 e. The molecule has 0 amide bonds. The van der Waals surface area contributed by atoms with Crippen molar-refractivity contribution in [3.05, 3.63) is 36.7 Å². The summed E-state index contributed by atoms with van der Waals surface area (Å²) in [7, 11) is 0. The van der Waals surface area contributed by atoms with Crippen LogP contribution in [0.25, 0.3) is 0 Å². The van der Waals surface area contributed by atoms with Crippen LogP contribution < -0.4 is 5.32 Å². The van der Waals surface area contributed by atoms with Crippen LogP contribution in [0.4, 0.5) is 0 Å². The van der Waals surface area contributed by atoms with Crippen molar-refractivity contribution in [3.8, 4) is 0 Å². The number of carbonyl (C=O) groups is 1. The molecular formula is C7H9NO. The Labute approximate surface area is 54.6 Å². The van der Waals surface area contributed by atoms with Crippen LogP contribution in [0.2, 0.25) is 0 Å². The molecule has 2 heteroatoms. The van der Waals surface area contributed by atoms with Gasteiger partial charge in [0.15, 0.2) is 0 Å². The first-order valence-electron chi connectivity index (χ1n) is 2.53. The average Bonchev–Trinajstić information content (AvgIpc) is 2.21. The minimum absolute atomic E-state index is 1.88. The summed E-state index contributed by atoms with van der Waals surface area (Å²) >= 11 is 0. The third kappa shape index (κ3) is 4.55. The fraction of sp³-hybridized carbons (Fsp3) is 0. The summed E-state index contributed by atoms with van der Waals surface area (Å²) in [6.07, 6.45) is 11.6. The van der Waals surface area contributed by atoms with Crippen LogP contribution in [0.15, 0.2) is 36.7 Å². The molecule has 0 aliphatic carbocycles. The Hall–Kier alpha value is -1.31. The van der Waals surface area contributed by atoms with Crippen LogP contribution in [0, 0.1) is 0 Å². The SMILES string of the molecule is C1=CC=CNC=C1.C=O. The highest BCUT2D eigenvalue weighted by molar-refractivity contribution is 5.14. The lowest BCUT2D eigenvalue weighted by Gasteiger charge is -1.79. The van der Waals surface area contributed by atoms with Gasteiger partial charge in [0.2, 0.25) is 0 Å². The van der Waals surface area contributed by atoms with Crippen LogP contribution in [0.5, 0.6) is 0 Å². The number of carbonyl (C=O) groups excluding carboxylic acids is 1. The summed E-state index contributed by atoms with van der Waals surface area (Å²) in [5.74, 6) is 0. The molecule has 1 rings (SSSR count). The van der Waals surface area contributed by atoms with Crippen molar-refractivity contribution in [3.63, 3.8) is 0 Å². The van der Waals surface area contributed by atoms with Crippen LogP contribution in [0.3, 0.4) is 0 Å². The molecule has 1 N–H and O–H groups in total. The second-order valence-electron chi connectivity index (χ2n) is 1.27. The lowest BCUT2D eigenvalue weighted by molar-refractivity contribution is -0.0979.